The summed E-state index contributed by atoms with van der Waals surface area (Å²) in [6.07, 6.45) is 4.78. The van der Waals surface area contributed by atoms with Crippen molar-refractivity contribution in [1.82, 2.24) is 4.72 Å². The lowest BCUT2D eigenvalue weighted by atomic mass is 10.0. The number of carbonyl (C=O) groups excluding carboxylic acids is 2. The quantitative estimate of drug-likeness (QED) is 0.194. The summed E-state index contributed by atoms with van der Waals surface area (Å²) in [6.45, 7) is 5.41. The fourth-order valence-electron chi connectivity index (χ4n) is 5.16. The van der Waals surface area contributed by atoms with E-state index in [-0.39, 0.29) is 16.7 Å². The highest BCUT2D eigenvalue weighted by Crippen LogP contribution is 2.36. The number of rotatable bonds is 11. The molecule has 5 rings (SSSR count). The predicted octanol–water partition coefficient (Wildman–Crippen LogP) is 6.48. The Morgan fingerprint density at radius 3 is 2.21 bits per heavy atom. The molecule has 4 aromatic rings. The number of amides is 1. The zero-order valence-electron chi connectivity index (χ0n) is 24.3. The van der Waals surface area contributed by atoms with Gasteiger partial charge in [0.25, 0.3) is 5.91 Å². The number of anilines is 1. The van der Waals surface area contributed by atoms with Crippen LogP contribution in [0.5, 0.6) is 0 Å². The molecule has 1 amide bonds. The van der Waals surface area contributed by atoms with E-state index < -0.39 is 22.0 Å². The lowest BCUT2D eigenvalue weighted by Gasteiger charge is -2.19. The molecule has 0 saturated heterocycles. The number of sulfonamides is 1. The molecule has 8 nitrogen and oxygen atoms in total. The van der Waals surface area contributed by atoms with Crippen molar-refractivity contribution >= 4 is 38.6 Å². The highest BCUT2D eigenvalue weighted by Gasteiger charge is 2.29. The third-order valence-electron chi connectivity index (χ3n) is 7.81. The number of hydrogen-bond donors (Lipinski definition) is 2. The lowest BCUT2D eigenvalue weighted by Crippen LogP contribution is -2.44. The monoisotopic (exact) mass is 588 g/mol. The molecule has 9 heteroatoms. The molecule has 0 unspecified atom stereocenters. The van der Waals surface area contributed by atoms with Crippen molar-refractivity contribution in [2.45, 2.75) is 57.4 Å². The second kappa shape index (κ2) is 12.1. The van der Waals surface area contributed by atoms with Crippen molar-refractivity contribution in [2.75, 3.05) is 12.4 Å². The summed E-state index contributed by atoms with van der Waals surface area (Å²) in [6, 6.07) is 18.7. The van der Waals surface area contributed by atoms with Gasteiger partial charge in [0.2, 0.25) is 10.0 Å². The van der Waals surface area contributed by atoms with E-state index in [0.29, 0.717) is 11.4 Å². The molecule has 1 aromatic heterocycles. The zero-order chi connectivity index (χ0) is 30.0. The van der Waals surface area contributed by atoms with Crippen LogP contribution in [0.25, 0.3) is 22.1 Å². The Morgan fingerprint density at radius 1 is 0.976 bits per heavy atom. The van der Waals surface area contributed by atoms with Crippen molar-refractivity contribution < 1.29 is 27.2 Å². The molecule has 1 aliphatic carbocycles. The maximum Gasteiger partial charge on any atom is 0.324 e. The van der Waals surface area contributed by atoms with Gasteiger partial charge in [-0.15, -0.1) is 0 Å². The summed E-state index contributed by atoms with van der Waals surface area (Å²) in [5.74, 6) is -0.0857. The molecule has 1 fully saturated rings. The van der Waals surface area contributed by atoms with Gasteiger partial charge in [-0.05, 0) is 78.6 Å². The molecule has 220 valence electrons. The summed E-state index contributed by atoms with van der Waals surface area (Å²) < 4.78 is 38.9. The number of aryl methyl sites for hydroxylation is 2. The van der Waals surface area contributed by atoms with Crippen LogP contribution >= 0.6 is 0 Å². The summed E-state index contributed by atoms with van der Waals surface area (Å²) >= 11 is 0. The largest absolute Gasteiger partial charge is 0.468 e. The summed E-state index contributed by atoms with van der Waals surface area (Å²) in [5.41, 5.74) is 5.06. The van der Waals surface area contributed by atoms with E-state index in [2.05, 4.69) is 16.1 Å². The zero-order valence-corrected chi connectivity index (χ0v) is 25.1. The second-order valence-electron chi connectivity index (χ2n) is 11.3. The number of fused-ring (bicyclic) bond motifs is 1. The van der Waals surface area contributed by atoms with E-state index in [0.717, 1.165) is 40.0 Å². The summed E-state index contributed by atoms with van der Waals surface area (Å²) in [5, 5.41) is 3.96. The van der Waals surface area contributed by atoms with Gasteiger partial charge >= 0.3 is 5.97 Å². The number of nitrogens with one attached hydrogen (secondary N) is 2. The highest BCUT2D eigenvalue weighted by molar-refractivity contribution is 7.89. The minimum atomic E-state index is -3.93. The van der Waals surface area contributed by atoms with Crippen LogP contribution in [0.15, 0.2) is 76.0 Å². The van der Waals surface area contributed by atoms with E-state index in [4.69, 9.17) is 9.15 Å². The van der Waals surface area contributed by atoms with Gasteiger partial charge in [0, 0.05) is 16.6 Å². The third-order valence-corrected chi connectivity index (χ3v) is 9.27. The van der Waals surface area contributed by atoms with Gasteiger partial charge in [-0.3, -0.25) is 9.59 Å². The number of carbonyl (C=O) groups is 2. The van der Waals surface area contributed by atoms with Crippen molar-refractivity contribution in [2.24, 2.45) is 11.8 Å². The van der Waals surface area contributed by atoms with E-state index >= 15 is 0 Å². The fraction of sp³-hybridized carbons (Fsp3) is 0.333. The van der Waals surface area contributed by atoms with Crippen molar-refractivity contribution in [3.8, 4) is 11.1 Å². The number of methoxy groups -OCH3 is 1. The number of ether oxygens (including phenoxy) is 1. The average molecular weight is 589 g/mol. The first kappa shape index (κ1) is 29.5. The van der Waals surface area contributed by atoms with Gasteiger partial charge in [-0.2, -0.15) is 4.72 Å². The van der Waals surface area contributed by atoms with Crippen LogP contribution < -0.4 is 10.0 Å². The van der Waals surface area contributed by atoms with Crippen LogP contribution in [0.4, 0.5) is 5.69 Å². The Kier molecular flexibility index (Phi) is 8.52. The highest BCUT2D eigenvalue weighted by atomic mass is 32.2. The Bertz CT molecular complexity index is 1700. The first-order valence-corrected chi connectivity index (χ1v) is 15.7. The molecule has 1 saturated carbocycles. The number of furan rings is 1. The van der Waals surface area contributed by atoms with Gasteiger partial charge in [-0.1, -0.05) is 63.1 Å². The molecule has 3 aromatic carbocycles. The summed E-state index contributed by atoms with van der Waals surface area (Å²) in [7, 11) is -2.71. The summed E-state index contributed by atoms with van der Waals surface area (Å²) in [4.78, 5) is 25.2. The molecular weight excluding hydrogens is 552 g/mol. The second-order valence-corrected chi connectivity index (χ2v) is 13.0. The first-order chi connectivity index (χ1) is 20.1. The van der Waals surface area contributed by atoms with Gasteiger partial charge in [0.05, 0.1) is 12.0 Å². The van der Waals surface area contributed by atoms with Crippen LogP contribution in [0.2, 0.25) is 0 Å². The third kappa shape index (κ3) is 6.42. The first-order valence-electron chi connectivity index (χ1n) is 14.2. The molecule has 42 heavy (non-hydrogen) atoms. The standard InChI is InChI=1S/C33H36N2O6S/c1-20(2)30(33(37)40-4)35-42(38,39)27-18-14-24(15-19-27)23-12-16-26(17-13-23)34-32(36)31-21(3)29-25(11-10-22-8-9-22)6-5-7-28(29)41-31/h5-7,12-20,22,30,35H,8-11H2,1-4H3,(H,34,36)/t30-/m0/s1. The molecule has 0 radical (unpaired) electrons. The van der Waals surface area contributed by atoms with Gasteiger partial charge in [0.1, 0.15) is 11.6 Å². The van der Waals surface area contributed by atoms with Gasteiger partial charge < -0.3 is 14.5 Å². The molecular formula is C33H36N2O6S. The molecule has 0 aliphatic heterocycles. The van der Waals surface area contributed by atoms with E-state index in [1.54, 1.807) is 38.1 Å². The lowest BCUT2D eigenvalue weighted by molar-refractivity contribution is -0.143. The molecule has 1 heterocycles. The Morgan fingerprint density at radius 2 is 1.62 bits per heavy atom. The SMILES string of the molecule is COC(=O)[C@@H](NS(=O)(=O)c1ccc(-c2ccc(NC(=O)c3oc4cccc(CCC5CC5)c4c3C)cc2)cc1)C(C)C. The van der Waals surface area contributed by atoms with Crippen molar-refractivity contribution in [1.29, 1.82) is 0 Å². The molecule has 1 atom stereocenters. The normalized spacial score (nSPS) is 14.2. The van der Waals surface area contributed by atoms with Crippen LogP contribution in [0, 0.1) is 18.8 Å². The number of hydrogen-bond acceptors (Lipinski definition) is 6. The molecule has 0 bridgehead atoms. The minimum Gasteiger partial charge on any atom is -0.468 e. The van der Waals surface area contributed by atoms with Crippen LogP contribution in [-0.2, 0) is 26.0 Å². The van der Waals surface area contributed by atoms with E-state index in [9.17, 15) is 18.0 Å². The smallest absolute Gasteiger partial charge is 0.324 e. The molecule has 2 N–H and O–H groups in total. The van der Waals surface area contributed by atoms with E-state index in [1.807, 2.05) is 31.2 Å². The minimum absolute atomic E-state index is 0.0431. The van der Waals surface area contributed by atoms with Gasteiger partial charge in [-0.25, -0.2) is 8.42 Å². The van der Waals surface area contributed by atoms with Crippen LogP contribution in [0.3, 0.4) is 0 Å². The Labute approximate surface area is 246 Å². The van der Waals surface area contributed by atoms with E-state index in [1.165, 1.54) is 44.1 Å². The van der Waals surface area contributed by atoms with Crippen molar-refractivity contribution in [3.63, 3.8) is 0 Å². The molecule has 0 spiro atoms. The maximum absolute atomic E-state index is 13.2. The van der Waals surface area contributed by atoms with Gasteiger partial charge in [0.15, 0.2) is 5.76 Å². The topological polar surface area (TPSA) is 115 Å². The Balaban J connectivity index is 1.27. The Hall–Kier alpha value is -3.95. The number of esters is 1. The van der Waals surface area contributed by atoms with Crippen LogP contribution in [0.1, 0.15) is 54.8 Å². The fourth-order valence-corrected chi connectivity index (χ4v) is 6.49. The van der Waals surface area contributed by atoms with Crippen molar-refractivity contribution in [3.05, 3.63) is 83.6 Å². The van der Waals surface area contributed by atoms with Crippen LogP contribution in [-0.4, -0.2) is 33.4 Å². The molecule has 1 aliphatic rings. The maximum atomic E-state index is 13.2. The average Bonchev–Trinajstić information content (AvgIpc) is 3.75. The predicted molar refractivity (Wildman–Crippen MR) is 163 cm³/mol. The number of benzene rings is 3.